The molecule has 5 rings (SSSR count). The molecule has 0 aliphatic carbocycles. The van der Waals surface area contributed by atoms with Crippen molar-refractivity contribution in [3.63, 3.8) is 0 Å². The van der Waals surface area contributed by atoms with Crippen LogP contribution in [0.3, 0.4) is 0 Å². The second-order valence-electron chi connectivity index (χ2n) is 8.67. The first-order valence-corrected chi connectivity index (χ1v) is 15.4. The molecule has 1 unspecified atom stereocenters. The topological polar surface area (TPSA) is 92.6 Å². The summed E-state index contributed by atoms with van der Waals surface area (Å²) in [6.45, 7) is 2.33. The van der Waals surface area contributed by atoms with E-state index in [1.165, 1.54) is 22.7 Å². The quantitative estimate of drug-likeness (QED) is 0.0663. The largest absolute Gasteiger partial charge is 0.507 e. The van der Waals surface area contributed by atoms with E-state index in [0.717, 1.165) is 16.9 Å². The number of Topliss-reactive ketones (excluding diaryl/α,β-unsaturated/α-hetero) is 1. The number of aliphatic hydroxyl groups is 1. The molecule has 1 fully saturated rings. The number of aromatic nitrogens is 2. The number of carbonyl (C=O) groups is 2. The van der Waals surface area contributed by atoms with Gasteiger partial charge in [-0.05, 0) is 66.6 Å². The van der Waals surface area contributed by atoms with E-state index in [2.05, 4.69) is 10.2 Å². The highest BCUT2D eigenvalue weighted by molar-refractivity contribution is 8.00. The fourth-order valence-electron chi connectivity index (χ4n) is 4.21. The molecule has 0 saturated carbocycles. The molecule has 7 nitrogen and oxygen atoms in total. The number of hydrogen-bond donors (Lipinski definition) is 1. The Morgan fingerprint density at radius 3 is 2.32 bits per heavy atom. The van der Waals surface area contributed by atoms with E-state index in [1.807, 2.05) is 13.0 Å². The molecule has 0 spiro atoms. The van der Waals surface area contributed by atoms with Gasteiger partial charge in [0.25, 0.3) is 5.78 Å². The van der Waals surface area contributed by atoms with Crippen LogP contribution in [-0.2, 0) is 15.3 Å². The molecule has 0 bridgehead atoms. The molecular formula is C28H19Cl4N3O4S2. The van der Waals surface area contributed by atoms with Crippen LogP contribution in [0, 0.1) is 0 Å². The van der Waals surface area contributed by atoms with Gasteiger partial charge in [0.05, 0.1) is 18.2 Å². The fourth-order valence-corrected chi connectivity index (χ4v) is 7.15. The summed E-state index contributed by atoms with van der Waals surface area (Å²) >= 11 is 27.5. The van der Waals surface area contributed by atoms with Crippen LogP contribution < -0.4 is 9.64 Å². The number of ether oxygens (including phenoxy) is 1. The molecule has 4 aromatic rings. The van der Waals surface area contributed by atoms with E-state index >= 15 is 0 Å². The smallest absolute Gasteiger partial charge is 0.301 e. The van der Waals surface area contributed by atoms with Crippen molar-refractivity contribution in [3.05, 3.63) is 103 Å². The maximum absolute atomic E-state index is 13.5. The van der Waals surface area contributed by atoms with E-state index in [4.69, 9.17) is 51.1 Å². The predicted molar refractivity (Wildman–Crippen MR) is 165 cm³/mol. The summed E-state index contributed by atoms with van der Waals surface area (Å²) in [4.78, 5) is 28.1. The third-order valence-corrected chi connectivity index (χ3v) is 9.36. The zero-order chi connectivity index (χ0) is 29.3. The van der Waals surface area contributed by atoms with Crippen molar-refractivity contribution in [2.24, 2.45) is 0 Å². The van der Waals surface area contributed by atoms with Crippen molar-refractivity contribution in [3.8, 4) is 5.75 Å². The Morgan fingerprint density at radius 2 is 1.66 bits per heavy atom. The number of nitrogens with zero attached hydrogens (tertiary/aromatic N) is 3. The Bertz CT molecular complexity index is 1680. The average Bonchev–Trinajstić information content (AvgIpc) is 3.50. The molecule has 2 heterocycles. The summed E-state index contributed by atoms with van der Waals surface area (Å²) in [7, 11) is 0. The minimum Gasteiger partial charge on any atom is -0.507 e. The Hall–Kier alpha value is -2.79. The van der Waals surface area contributed by atoms with Crippen LogP contribution in [0.1, 0.15) is 29.7 Å². The Labute approximate surface area is 263 Å². The molecule has 1 aromatic heterocycles. The lowest BCUT2D eigenvalue weighted by Gasteiger charge is -2.23. The van der Waals surface area contributed by atoms with Crippen molar-refractivity contribution in [2.75, 3.05) is 11.5 Å². The van der Waals surface area contributed by atoms with Gasteiger partial charge >= 0.3 is 5.91 Å². The van der Waals surface area contributed by atoms with Gasteiger partial charge in [0, 0.05) is 31.4 Å². The van der Waals surface area contributed by atoms with Gasteiger partial charge in [-0.1, -0.05) is 81.6 Å². The Kier molecular flexibility index (Phi) is 9.13. The maximum atomic E-state index is 13.5. The van der Waals surface area contributed by atoms with Gasteiger partial charge in [-0.3, -0.25) is 14.5 Å². The molecule has 1 atom stereocenters. The predicted octanol–water partition coefficient (Wildman–Crippen LogP) is 8.47. The number of rotatable bonds is 8. The van der Waals surface area contributed by atoms with Crippen LogP contribution in [0.5, 0.6) is 5.75 Å². The lowest BCUT2D eigenvalue weighted by molar-refractivity contribution is -0.132. The van der Waals surface area contributed by atoms with Crippen molar-refractivity contribution in [2.45, 2.75) is 23.1 Å². The van der Waals surface area contributed by atoms with Crippen molar-refractivity contribution in [1.82, 2.24) is 10.2 Å². The molecule has 1 saturated heterocycles. The van der Waals surface area contributed by atoms with Crippen LogP contribution in [-0.4, -0.2) is 33.6 Å². The molecule has 0 radical (unpaired) electrons. The highest BCUT2D eigenvalue weighted by Crippen LogP contribution is 2.46. The van der Waals surface area contributed by atoms with Gasteiger partial charge in [-0.15, -0.1) is 10.2 Å². The molecular weight excluding hydrogens is 648 g/mol. The number of hydrogen-bond acceptors (Lipinski definition) is 8. The van der Waals surface area contributed by atoms with Crippen molar-refractivity contribution >= 4 is 92.1 Å². The van der Waals surface area contributed by atoms with Gasteiger partial charge in [0.15, 0.2) is 4.34 Å². The molecule has 1 aliphatic heterocycles. The van der Waals surface area contributed by atoms with Crippen LogP contribution in [0.25, 0.3) is 5.76 Å². The summed E-state index contributed by atoms with van der Waals surface area (Å²) in [5.74, 6) is -1.04. The molecule has 41 heavy (non-hydrogen) atoms. The highest BCUT2D eigenvalue weighted by atomic mass is 35.5. The van der Waals surface area contributed by atoms with Crippen LogP contribution in [0.2, 0.25) is 20.1 Å². The van der Waals surface area contributed by atoms with Gasteiger partial charge in [-0.2, -0.15) is 0 Å². The number of benzene rings is 3. The van der Waals surface area contributed by atoms with Crippen molar-refractivity contribution in [1.29, 1.82) is 0 Å². The Morgan fingerprint density at radius 1 is 0.976 bits per heavy atom. The summed E-state index contributed by atoms with van der Waals surface area (Å²) in [6.07, 6.45) is 0. The zero-order valence-corrected chi connectivity index (χ0v) is 25.8. The number of anilines is 1. The lowest BCUT2D eigenvalue weighted by atomic mass is 9.95. The maximum Gasteiger partial charge on any atom is 0.301 e. The molecule has 210 valence electrons. The number of aliphatic hydroxyl groups excluding tert-OH is 1. The first kappa shape index (κ1) is 29.7. The SMILES string of the molecule is CCOc1ccc(/C(O)=C2/C(=O)C(=O)N(c3nnc(SCc4ccc(Cl)cc4Cl)s3)C2c2ccc(Cl)cc2Cl)cc1. The summed E-state index contributed by atoms with van der Waals surface area (Å²) in [5, 5.41) is 21.6. The standard InChI is InChI=1S/C28H19Cl4N3O4S2/c1-2-39-18-8-4-14(5-9-18)24(36)22-23(19-10-7-17(30)12-21(19)32)35(26(38)25(22)37)27-33-34-28(41-27)40-13-15-3-6-16(29)11-20(15)31/h3-12,23,36H,2,13H2,1H3/b24-22-. The summed E-state index contributed by atoms with van der Waals surface area (Å²) in [5.41, 5.74) is 1.43. The monoisotopic (exact) mass is 665 g/mol. The number of thioether (sulfide) groups is 1. The summed E-state index contributed by atoms with van der Waals surface area (Å²) < 4.78 is 6.01. The van der Waals surface area contributed by atoms with Crippen LogP contribution in [0.4, 0.5) is 5.13 Å². The molecule has 3 aromatic carbocycles. The third-order valence-electron chi connectivity index (χ3n) is 6.11. The van der Waals surface area contributed by atoms with E-state index in [-0.39, 0.29) is 21.5 Å². The molecule has 1 N–H and O–H groups in total. The number of ketones is 1. The average molecular weight is 667 g/mol. The first-order valence-electron chi connectivity index (χ1n) is 12.1. The highest BCUT2D eigenvalue weighted by Gasteiger charge is 2.49. The normalized spacial score (nSPS) is 16.4. The second-order valence-corrected chi connectivity index (χ2v) is 12.5. The third kappa shape index (κ3) is 6.21. The van der Waals surface area contributed by atoms with E-state index in [0.29, 0.717) is 48.6 Å². The minimum atomic E-state index is -1.08. The Balaban J connectivity index is 1.54. The molecule has 13 heteroatoms. The van der Waals surface area contributed by atoms with Gasteiger partial charge in [0.1, 0.15) is 11.5 Å². The van der Waals surface area contributed by atoms with Gasteiger partial charge in [0.2, 0.25) is 5.13 Å². The fraction of sp³-hybridized carbons (Fsp3) is 0.143. The first-order chi connectivity index (χ1) is 19.7. The zero-order valence-electron chi connectivity index (χ0n) is 21.1. The number of halogens is 4. The number of amides is 1. The summed E-state index contributed by atoms with van der Waals surface area (Å²) in [6, 6.07) is 15.4. The van der Waals surface area contributed by atoms with E-state index < -0.39 is 17.7 Å². The number of carbonyl (C=O) groups excluding carboxylic acids is 2. The lowest BCUT2D eigenvalue weighted by Crippen LogP contribution is -2.29. The van der Waals surface area contributed by atoms with E-state index in [1.54, 1.807) is 48.5 Å². The minimum absolute atomic E-state index is 0.138. The van der Waals surface area contributed by atoms with E-state index in [9.17, 15) is 14.7 Å². The van der Waals surface area contributed by atoms with Crippen molar-refractivity contribution < 1.29 is 19.4 Å². The second kappa shape index (κ2) is 12.6. The molecule has 1 amide bonds. The molecule has 1 aliphatic rings. The van der Waals surface area contributed by atoms with Gasteiger partial charge < -0.3 is 9.84 Å². The van der Waals surface area contributed by atoms with Gasteiger partial charge in [-0.25, -0.2) is 0 Å². The van der Waals surface area contributed by atoms with Crippen LogP contribution >= 0.6 is 69.5 Å². The van der Waals surface area contributed by atoms with Crippen LogP contribution in [0.15, 0.2) is 70.6 Å².